The van der Waals surface area contributed by atoms with Gasteiger partial charge in [-0.15, -0.1) is 0 Å². The van der Waals surface area contributed by atoms with E-state index in [1.165, 1.54) is 0 Å². The van der Waals surface area contributed by atoms with Gasteiger partial charge >= 0.3 is 0 Å². The highest BCUT2D eigenvalue weighted by molar-refractivity contribution is 5.76. The maximum Gasteiger partial charge on any atom is 0.221 e. The average molecular weight is 243 g/mol. The summed E-state index contributed by atoms with van der Waals surface area (Å²) in [5.41, 5.74) is 5.80. The molecule has 0 saturated heterocycles. The molecule has 0 aromatic carbocycles. The zero-order valence-corrected chi connectivity index (χ0v) is 12.0. The molecule has 0 saturated carbocycles. The normalized spacial score (nSPS) is 13.5. The fourth-order valence-corrected chi connectivity index (χ4v) is 2.05. The second-order valence-corrected chi connectivity index (χ2v) is 5.15. The molecule has 0 aliphatic carbocycles. The number of carbonyl (C=O) groups is 1. The van der Waals surface area contributed by atoms with Crippen LogP contribution in [-0.2, 0) is 4.79 Å². The number of nitrogens with two attached hydrogens (primary N) is 1. The molecule has 1 amide bonds. The molecule has 0 aliphatic heterocycles. The Balaban J connectivity index is 4.41. The van der Waals surface area contributed by atoms with Crippen molar-refractivity contribution in [2.24, 2.45) is 5.73 Å². The molecule has 0 radical (unpaired) electrons. The third-order valence-electron chi connectivity index (χ3n) is 2.76. The molecule has 4 nitrogen and oxygen atoms in total. The van der Waals surface area contributed by atoms with E-state index in [9.17, 15) is 4.79 Å². The Hall–Kier alpha value is -0.610. The Morgan fingerprint density at radius 3 is 2.24 bits per heavy atom. The van der Waals surface area contributed by atoms with Crippen LogP contribution in [0.15, 0.2) is 0 Å². The van der Waals surface area contributed by atoms with Crippen molar-refractivity contribution in [1.29, 1.82) is 0 Å². The van der Waals surface area contributed by atoms with Crippen LogP contribution >= 0.6 is 0 Å². The van der Waals surface area contributed by atoms with E-state index in [1.54, 1.807) is 0 Å². The summed E-state index contributed by atoms with van der Waals surface area (Å²) in [7, 11) is 0. The van der Waals surface area contributed by atoms with Crippen LogP contribution in [-0.4, -0.2) is 42.0 Å². The first-order chi connectivity index (χ1) is 7.92. The van der Waals surface area contributed by atoms with Crippen LogP contribution in [0.5, 0.6) is 0 Å². The molecule has 102 valence electrons. The van der Waals surface area contributed by atoms with Crippen LogP contribution in [0, 0.1) is 0 Å². The maximum absolute atomic E-state index is 11.8. The predicted octanol–water partition coefficient (Wildman–Crippen LogP) is 1.35. The Morgan fingerprint density at radius 2 is 1.88 bits per heavy atom. The van der Waals surface area contributed by atoms with Crippen LogP contribution in [0.1, 0.15) is 47.5 Å². The first kappa shape index (κ1) is 16.4. The second kappa shape index (κ2) is 8.48. The quantitative estimate of drug-likeness (QED) is 0.676. The summed E-state index contributed by atoms with van der Waals surface area (Å²) in [6, 6.07) is 0.767. The van der Waals surface area contributed by atoms with Crippen molar-refractivity contribution in [3.63, 3.8) is 0 Å². The summed E-state index contributed by atoms with van der Waals surface area (Å²) in [6.07, 6.45) is 1.58. The molecule has 0 spiro atoms. The number of hydrogen-bond donors (Lipinski definition) is 2. The molecule has 0 fully saturated rings. The van der Waals surface area contributed by atoms with Gasteiger partial charge in [0.25, 0.3) is 0 Å². The van der Waals surface area contributed by atoms with Gasteiger partial charge in [-0.3, -0.25) is 9.69 Å². The minimum absolute atomic E-state index is 0.0946. The van der Waals surface area contributed by atoms with E-state index >= 15 is 0 Å². The monoisotopic (exact) mass is 243 g/mol. The number of carbonyl (C=O) groups excluding carboxylic acids is 1. The SMILES string of the molecule is CCCN(C(C)C)C(CN)CC(=O)NC(C)C. The highest BCUT2D eigenvalue weighted by Crippen LogP contribution is 2.09. The summed E-state index contributed by atoms with van der Waals surface area (Å²) in [5.74, 6) is 0.0946. The van der Waals surface area contributed by atoms with E-state index in [0.29, 0.717) is 19.0 Å². The van der Waals surface area contributed by atoms with Gasteiger partial charge in [0.05, 0.1) is 0 Å². The highest BCUT2D eigenvalue weighted by atomic mass is 16.1. The lowest BCUT2D eigenvalue weighted by Gasteiger charge is -2.33. The molecule has 1 atom stereocenters. The summed E-state index contributed by atoms with van der Waals surface area (Å²) in [6.45, 7) is 11.9. The maximum atomic E-state index is 11.8. The lowest BCUT2D eigenvalue weighted by molar-refractivity contribution is -0.122. The molecular formula is C13H29N3O. The molecule has 0 heterocycles. The Bertz CT molecular complexity index is 217. The van der Waals surface area contributed by atoms with Crippen LogP contribution < -0.4 is 11.1 Å². The van der Waals surface area contributed by atoms with Crippen molar-refractivity contribution in [3.8, 4) is 0 Å². The van der Waals surface area contributed by atoms with E-state index in [0.717, 1.165) is 13.0 Å². The van der Waals surface area contributed by atoms with Crippen molar-refractivity contribution >= 4 is 5.91 Å². The number of nitrogens with one attached hydrogen (secondary N) is 1. The van der Waals surface area contributed by atoms with E-state index in [-0.39, 0.29) is 18.0 Å². The largest absolute Gasteiger partial charge is 0.354 e. The third-order valence-corrected chi connectivity index (χ3v) is 2.76. The molecular weight excluding hydrogens is 214 g/mol. The minimum Gasteiger partial charge on any atom is -0.354 e. The standard InChI is InChI=1S/C13H29N3O/c1-6-7-16(11(4)5)12(9-14)8-13(17)15-10(2)3/h10-12H,6-9,14H2,1-5H3,(H,15,17). The second-order valence-electron chi connectivity index (χ2n) is 5.15. The zero-order chi connectivity index (χ0) is 13.4. The fraction of sp³-hybridized carbons (Fsp3) is 0.923. The summed E-state index contributed by atoms with van der Waals surface area (Å²) in [4.78, 5) is 14.1. The van der Waals surface area contributed by atoms with E-state index < -0.39 is 0 Å². The van der Waals surface area contributed by atoms with Crippen molar-refractivity contribution in [3.05, 3.63) is 0 Å². The van der Waals surface area contributed by atoms with Gasteiger partial charge in [0, 0.05) is 31.1 Å². The third kappa shape index (κ3) is 6.64. The van der Waals surface area contributed by atoms with E-state index in [1.807, 2.05) is 13.8 Å². The van der Waals surface area contributed by atoms with Crippen LogP contribution in [0.3, 0.4) is 0 Å². The van der Waals surface area contributed by atoms with Gasteiger partial charge < -0.3 is 11.1 Å². The lowest BCUT2D eigenvalue weighted by Crippen LogP contribution is -2.48. The summed E-state index contributed by atoms with van der Waals surface area (Å²) < 4.78 is 0. The van der Waals surface area contributed by atoms with Crippen molar-refractivity contribution in [2.45, 2.75) is 65.6 Å². The Labute approximate surface area is 106 Å². The molecule has 0 rings (SSSR count). The molecule has 0 bridgehead atoms. The number of hydrogen-bond acceptors (Lipinski definition) is 3. The van der Waals surface area contributed by atoms with E-state index in [4.69, 9.17) is 5.73 Å². The van der Waals surface area contributed by atoms with Gasteiger partial charge in [-0.05, 0) is 40.7 Å². The van der Waals surface area contributed by atoms with Gasteiger partial charge in [-0.2, -0.15) is 0 Å². The number of amides is 1. The zero-order valence-electron chi connectivity index (χ0n) is 12.0. The number of rotatable bonds is 8. The number of nitrogens with zero attached hydrogens (tertiary/aromatic N) is 1. The van der Waals surface area contributed by atoms with Crippen LogP contribution in [0.2, 0.25) is 0 Å². The average Bonchev–Trinajstić information content (AvgIpc) is 2.21. The molecule has 17 heavy (non-hydrogen) atoms. The lowest BCUT2D eigenvalue weighted by atomic mass is 10.1. The topological polar surface area (TPSA) is 58.4 Å². The first-order valence-corrected chi connectivity index (χ1v) is 6.67. The van der Waals surface area contributed by atoms with Gasteiger partial charge in [0.2, 0.25) is 5.91 Å². The fourth-order valence-electron chi connectivity index (χ4n) is 2.05. The molecule has 0 aromatic heterocycles. The molecule has 1 unspecified atom stereocenters. The van der Waals surface area contributed by atoms with Gasteiger partial charge in [-0.25, -0.2) is 0 Å². The van der Waals surface area contributed by atoms with E-state index in [2.05, 4.69) is 31.0 Å². The van der Waals surface area contributed by atoms with Gasteiger partial charge in [0.15, 0.2) is 0 Å². The van der Waals surface area contributed by atoms with Crippen molar-refractivity contribution < 1.29 is 4.79 Å². The summed E-state index contributed by atoms with van der Waals surface area (Å²) in [5, 5.41) is 2.92. The van der Waals surface area contributed by atoms with Crippen LogP contribution in [0.4, 0.5) is 0 Å². The summed E-state index contributed by atoms with van der Waals surface area (Å²) >= 11 is 0. The van der Waals surface area contributed by atoms with Gasteiger partial charge in [0.1, 0.15) is 0 Å². The Morgan fingerprint density at radius 1 is 1.29 bits per heavy atom. The highest BCUT2D eigenvalue weighted by Gasteiger charge is 2.22. The van der Waals surface area contributed by atoms with Crippen molar-refractivity contribution in [2.75, 3.05) is 13.1 Å². The van der Waals surface area contributed by atoms with Gasteiger partial charge in [-0.1, -0.05) is 6.92 Å². The van der Waals surface area contributed by atoms with Crippen molar-refractivity contribution in [1.82, 2.24) is 10.2 Å². The molecule has 4 heteroatoms. The Kier molecular flexibility index (Phi) is 8.17. The molecule has 0 aromatic rings. The smallest absolute Gasteiger partial charge is 0.221 e. The molecule has 0 aliphatic rings. The first-order valence-electron chi connectivity index (χ1n) is 6.67. The van der Waals surface area contributed by atoms with Crippen LogP contribution in [0.25, 0.3) is 0 Å². The minimum atomic E-state index is 0.0946. The molecule has 3 N–H and O–H groups in total. The predicted molar refractivity (Wildman–Crippen MR) is 72.9 cm³/mol.